The molecule has 0 bridgehead atoms. The zero-order valence-corrected chi connectivity index (χ0v) is 11.7. The minimum atomic E-state index is 0.00134. The minimum Gasteiger partial charge on any atom is -0.375 e. The maximum absolute atomic E-state index is 6.60. The van der Waals surface area contributed by atoms with Gasteiger partial charge in [0.2, 0.25) is 0 Å². The lowest BCUT2D eigenvalue weighted by molar-refractivity contribution is -0.232. The quantitative estimate of drug-likeness (QED) is 0.805. The second-order valence-corrected chi connectivity index (χ2v) is 5.94. The van der Waals surface area contributed by atoms with Crippen LogP contribution in [-0.4, -0.2) is 36.5 Å². The predicted molar refractivity (Wildman–Crippen MR) is 69.2 cm³/mol. The smallest absolute Gasteiger partial charge is 0.0863 e. The van der Waals surface area contributed by atoms with E-state index in [1.807, 2.05) is 0 Å². The Labute approximate surface area is 105 Å². The van der Waals surface area contributed by atoms with Crippen molar-refractivity contribution in [3.8, 4) is 0 Å². The third-order valence-corrected chi connectivity index (χ3v) is 4.40. The van der Waals surface area contributed by atoms with Crippen LogP contribution in [-0.2, 0) is 9.47 Å². The van der Waals surface area contributed by atoms with E-state index in [0.717, 1.165) is 38.8 Å². The summed E-state index contributed by atoms with van der Waals surface area (Å²) in [5, 5.41) is 3.60. The Kier molecular flexibility index (Phi) is 3.81. The van der Waals surface area contributed by atoms with Crippen LogP contribution in [0.25, 0.3) is 0 Å². The van der Waals surface area contributed by atoms with Crippen LogP contribution in [0.5, 0.6) is 0 Å². The van der Waals surface area contributed by atoms with Gasteiger partial charge in [-0.25, -0.2) is 0 Å². The first-order valence-electron chi connectivity index (χ1n) is 7.09. The van der Waals surface area contributed by atoms with E-state index >= 15 is 0 Å². The number of rotatable bonds is 2. The normalized spacial score (nSPS) is 41.6. The molecule has 0 amide bonds. The van der Waals surface area contributed by atoms with Crippen LogP contribution in [0.4, 0.5) is 0 Å². The summed E-state index contributed by atoms with van der Waals surface area (Å²) >= 11 is 0. The SMILES string of the molecule is CCC1(CC)CNCC2(CC(C)OC(C)C2)O1. The Hall–Kier alpha value is -0.120. The summed E-state index contributed by atoms with van der Waals surface area (Å²) in [4.78, 5) is 0. The number of hydrogen-bond donors (Lipinski definition) is 1. The van der Waals surface area contributed by atoms with E-state index in [1.54, 1.807) is 0 Å². The standard InChI is InChI=1S/C14H27NO2/c1-5-13(6-2)9-15-10-14(17-13)7-11(3)16-12(4)8-14/h11-12,15H,5-10H2,1-4H3. The van der Waals surface area contributed by atoms with Crippen LogP contribution in [0.15, 0.2) is 0 Å². The molecule has 2 unspecified atom stereocenters. The predicted octanol–water partition coefficient (Wildman–Crippen LogP) is 2.49. The molecule has 2 aliphatic rings. The molecule has 2 rings (SSSR count). The average molecular weight is 241 g/mol. The van der Waals surface area contributed by atoms with E-state index in [9.17, 15) is 0 Å². The number of hydrogen-bond acceptors (Lipinski definition) is 3. The van der Waals surface area contributed by atoms with Gasteiger partial charge in [0, 0.05) is 25.9 Å². The highest BCUT2D eigenvalue weighted by Crippen LogP contribution is 2.39. The van der Waals surface area contributed by atoms with Crippen LogP contribution >= 0.6 is 0 Å². The number of morpholine rings is 1. The lowest BCUT2D eigenvalue weighted by Crippen LogP contribution is -2.63. The third kappa shape index (κ3) is 2.67. The summed E-state index contributed by atoms with van der Waals surface area (Å²) in [6.45, 7) is 10.8. The molecule has 1 N–H and O–H groups in total. The molecule has 0 radical (unpaired) electrons. The first-order chi connectivity index (χ1) is 8.03. The van der Waals surface area contributed by atoms with E-state index in [-0.39, 0.29) is 11.2 Å². The van der Waals surface area contributed by atoms with Crippen LogP contribution in [0.1, 0.15) is 53.4 Å². The first kappa shape index (κ1) is 13.3. The molecule has 0 aromatic heterocycles. The zero-order valence-electron chi connectivity index (χ0n) is 11.7. The van der Waals surface area contributed by atoms with E-state index in [4.69, 9.17) is 9.47 Å². The largest absolute Gasteiger partial charge is 0.375 e. The van der Waals surface area contributed by atoms with Gasteiger partial charge in [-0.1, -0.05) is 13.8 Å². The fraction of sp³-hybridized carbons (Fsp3) is 1.00. The van der Waals surface area contributed by atoms with Gasteiger partial charge in [0.25, 0.3) is 0 Å². The van der Waals surface area contributed by atoms with Gasteiger partial charge in [0.05, 0.1) is 23.4 Å². The molecule has 2 saturated heterocycles. The van der Waals surface area contributed by atoms with Crippen molar-refractivity contribution in [2.75, 3.05) is 13.1 Å². The molecule has 2 atom stereocenters. The Bertz CT molecular complexity index is 253. The van der Waals surface area contributed by atoms with Crippen molar-refractivity contribution < 1.29 is 9.47 Å². The summed E-state index contributed by atoms with van der Waals surface area (Å²) < 4.78 is 12.4. The molecule has 17 heavy (non-hydrogen) atoms. The van der Waals surface area contributed by atoms with Crippen molar-refractivity contribution in [2.24, 2.45) is 0 Å². The van der Waals surface area contributed by atoms with Crippen molar-refractivity contribution >= 4 is 0 Å². The maximum Gasteiger partial charge on any atom is 0.0863 e. The Morgan fingerprint density at radius 1 is 1.06 bits per heavy atom. The van der Waals surface area contributed by atoms with Gasteiger partial charge in [-0.15, -0.1) is 0 Å². The van der Waals surface area contributed by atoms with Crippen LogP contribution < -0.4 is 5.32 Å². The summed E-state index contributed by atoms with van der Waals surface area (Å²) in [7, 11) is 0. The lowest BCUT2D eigenvalue weighted by atomic mass is 9.83. The van der Waals surface area contributed by atoms with Gasteiger partial charge in [-0.05, 0) is 26.7 Å². The van der Waals surface area contributed by atoms with E-state index < -0.39 is 0 Å². The number of ether oxygens (including phenoxy) is 2. The van der Waals surface area contributed by atoms with E-state index in [2.05, 4.69) is 33.0 Å². The maximum atomic E-state index is 6.60. The first-order valence-corrected chi connectivity index (χ1v) is 7.09. The van der Waals surface area contributed by atoms with Gasteiger partial charge in [0.1, 0.15) is 0 Å². The monoisotopic (exact) mass is 241 g/mol. The molecule has 2 fully saturated rings. The topological polar surface area (TPSA) is 30.5 Å². The molecular formula is C14H27NO2. The van der Waals surface area contributed by atoms with Crippen LogP contribution in [0, 0.1) is 0 Å². The molecule has 3 nitrogen and oxygen atoms in total. The molecule has 1 spiro atoms. The van der Waals surface area contributed by atoms with Crippen molar-refractivity contribution in [1.82, 2.24) is 5.32 Å². The van der Waals surface area contributed by atoms with Gasteiger partial charge in [-0.3, -0.25) is 0 Å². The molecule has 0 aromatic carbocycles. The van der Waals surface area contributed by atoms with Crippen molar-refractivity contribution in [3.05, 3.63) is 0 Å². The van der Waals surface area contributed by atoms with Gasteiger partial charge in [-0.2, -0.15) is 0 Å². The summed E-state index contributed by atoms with van der Waals surface area (Å²) in [6, 6.07) is 0. The zero-order chi connectivity index (χ0) is 12.5. The fourth-order valence-electron chi connectivity index (χ4n) is 3.55. The van der Waals surface area contributed by atoms with Gasteiger partial charge in [0.15, 0.2) is 0 Å². The molecule has 0 aliphatic carbocycles. The molecule has 2 heterocycles. The van der Waals surface area contributed by atoms with Crippen molar-refractivity contribution in [3.63, 3.8) is 0 Å². The van der Waals surface area contributed by atoms with Crippen LogP contribution in [0.3, 0.4) is 0 Å². The average Bonchev–Trinajstić information content (AvgIpc) is 2.27. The molecule has 3 heteroatoms. The molecule has 0 saturated carbocycles. The molecule has 2 aliphatic heterocycles. The molecular weight excluding hydrogens is 214 g/mol. The Morgan fingerprint density at radius 2 is 1.65 bits per heavy atom. The van der Waals surface area contributed by atoms with Crippen molar-refractivity contribution in [2.45, 2.75) is 76.8 Å². The highest BCUT2D eigenvalue weighted by Gasteiger charge is 2.47. The third-order valence-electron chi connectivity index (χ3n) is 4.40. The number of nitrogens with one attached hydrogen (secondary N) is 1. The Balaban J connectivity index is 2.14. The summed E-state index contributed by atoms with van der Waals surface area (Å²) in [6.07, 6.45) is 4.83. The van der Waals surface area contributed by atoms with Gasteiger partial charge >= 0.3 is 0 Å². The van der Waals surface area contributed by atoms with Crippen LogP contribution in [0.2, 0.25) is 0 Å². The van der Waals surface area contributed by atoms with Gasteiger partial charge < -0.3 is 14.8 Å². The van der Waals surface area contributed by atoms with E-state index in [0.29, 0.717) is 12.2 Å². The highest BCUT2D eigenvalue weighted by atomic mass is 16.5. The second kappa shape index (κ2) is 4.87. The summed E-state index contributed by atoms with van der Waals surface area (Å²) in [5.41, 5.74) is 0.0381. The summed E-state index contributed by atoms with van der Waals surface area (Å²) in [5.74, 6) is 0. The highest BCUT2D eigenvalue weighted by molar-refractivity contribution is 4.99. The fourth-order valence-corrected chi connectivity index (χ4v) is 3.55. The van der Waals surface area contributed by atoms with Crippen molar-refractivity contribution in [1.29, 1.82) is 0 Å². The second-order valence-electron chi connectivity index (χ2n) is 5.94. The van der Waals surface area contributed by atoms with E-state index in [1.165, 1.54) is 0 Å². The Morgan fingerprint density at radius 3 is 2.18 bits per heavy atom. The minimum absolute atomic E-state index is 0.00134. The molecule has 0 aromatic rings. The molecule has 100 valence electrons. The lowest BCUT2D eigenvalue weighted by Gasteiger charge is -2.52.